The van der Waals surface area contributed by atoms with Crippen molar-refractivity contribution in [3.8, 4) is 11.5 Å². The summed E-state index contributed by atoms with van der Waals surface area (Å²) in [6.07, 6.45) is 15.0. The van der Waals surface area contributed by atoms with Crippen LogP contribution in [0.5, 0.6) is 11.5 Å². The van der Waals surface area contributed by atoms with Crippen molar-refractivity contribution >= 4 is 28.8 Å². The number of rotatable bonds is 24. The number of Topliss-reactive ketones (excluding diaryl/α,β-unsaturated/α-hetero) is 1. The molecule has 478 valence electrons. The Kier molecular flexibility index (Phi) is 21.7. The SMILES string of the molecule is CCCC1OC(CC(O)CC(C)OC(C)=O)CC(CC2CC(CC3CC(CC)OC(c4cccc(OCCCC(C)=O)c4)O3)OC(c3cccc(OC4=C(/C=C/C5=[N+](C)c6ccccc6C5(C)C)CCC/C4=C\C=C4\N(C)c5ccccc5C4(C)C)c3)O2)O1. The molecule has 5 aliphatic heterocycles. The number of esters is 1. The summed E-state index contributed by atoms with van der Waals surface area (Å²) < 4.78 is 62.1. The lowest BCUT2D eigenvalue weighted by atomic mass is 9.81. The molecule has 0 aromatic heterocycles. The van der Waals surface area contributed by atoms with Crippen LogP contribution in [0.15, 0.2) is 144 Å². The predicted molar refractivity (Wildman–Crippen MR) is 347 cm³/mol. The minimum absolute atomic E-state index is 0.0409. The van der Waals surface area contributed by atoms with Crippen molar-refractivity contribution in [2.75, 3.05) is 25.6 Å². The molecule has 0 spiro atoms. The van der Waals surface area contributed by atoms with Crippen molar-refractivity contribution in [3.05, 3.63) is 166 Å². The molecule has 3 fully saturated rings. The first-order valence-corrected chi connectivity index (χ1v) is 32.9. The fourth-order valence-corrected chi connectivity index (χ4v) is 14.3. The van der Waals surface area contributed by atoms with Gasteiger partial charge in [-0.25, -0.2) is 0 Å². The Labute approximate surface area is 528 Å². The number of hydrogen-bond donors (Lipinski definition) is 1. The molecule has 5 heterocycles. The number of ketones is 1. The lowest BCUT2D eigenvalue weighted by molar-refractivity contribution is -0.401. The summed E-state index contributed by atoms with van der Waals surface area (Å²) in [4.78, 5) is 25.7. The molecule has 0 saturated carbocycles. The van der Waals surface area contributed by atoms with Gasteiger partial charge in [-0.1, -0.05) is 101 Å². The topological polar surface area (TPSA) is 144 Å². The van der Waals surface area contributed by atoms with Crippen LogP contribution in [-0.4, -0.2) is 103 Å². The molecular formula is C75H97N2O12+. The zero-order chi connectivity index (χ0) is 63.0. The lowest BCUT2D eigenvalue weighted by Crippen LogP contribution is -2.44. The number of aliphatic hydroxyl groups is 1. The zero-order valence-electron chi connectivity index (χ0n) is 54.5. The summed E-state index contributed by atoms with van der Waals surface area (Å²) in [6, 6.07) is 33.5. The number of anilines is 1. The van der Waals surface area contributed by atoms with Gasteiger partial charge in [-0.2, -0.15) is 4.58 Å². The maximum Gasteiger partial charge on any atom is 0.302 e. The minimum atomic E-state index is -0.747. The average Bonchev–Trinajstić information content (AvgIpc) is 1.62. The van der Waals surface area contributed by atoms with E-state index < -0.39 is 31.1 Å². The van der Waals surface area contributed by atoms with Crippen molar-refractivity contribution in [3.63, 3.8) is 0 Å². The number of para-hydroxylation sites is 2. The number of allylic oxidation sites excluding steroid dienone is 7. The summed E-state index contributed by atoms with van der Waals surface area (Å²) >= 11 is 0. The van der Waals surface area contributed by atoms with Gasteiger partial charge in [0.25, 0.3) is 0 Å². The Balaban J connectivity index is 0.950. The first-order valence-electron chi connectivity index (χ1n) is 32.9. The van der Waals surface area contributed by atoms with Crippen LogP contribution >= 0.6 is 0 Å². The van der Waals surface area contributed by atoms with Gasteiger partial charge in [-0.15, -0.1) is 0 Å². The lowest BCUT2D eigenvalue weighted by Gasteiger charge is -2.42. The third-order valence-corrected chi connectivity index (χ3v) is 18.7. The molecule has 89 heavy (non-hydrogen) atoms. The standard InChI is InChI=1S/C75H97N2O12/c1-12-22-70-83-59(42-55(80)39-49(4)82-50(5)79)44-60(84-70)45-62-47-63(46-61-43-56(13-2)86-72(87-61)53-26-19-28-57(40-53)81-38-21-23-48(3)78)89-73(88-62)54-27-20-29-58(41-54)85-71-51(34-36-68-74(6,7)64-30-14-16-32-66(64)76(68)10)24-18-25-52(71)35-37-69-75(8,9)65-31-15-17-33-67(65)77(69)11/h14-17,19-20,26-37,40-41,49,55-56,59-63,70,72-73,80H,12-13,18,21-25,38-39,42-47H2,1-11H3/q+1. The monoisotopic (exact) mass is 1220 g/mol. The van der Waals surface area contributed by atoms with Crippen LogP contribution in [0.2, 0.25) is 0 Å². The van der Waals surface area contributed by atoms with Crippen LogP contribution in [0.1, 0.15) is 193 Å². The number of benzene rings is 4. The molecule has 3 saturated heterocycles. The zero-order valence-corrected chi connectivity index (χ0v) is 54.5. The maximum absolute atomic E-state index is 11.7. The summed E-state index contributed by atoms with van der Waals surface area (Å²) in [7, 11) is 4.33. The number of hydrogen-bond acceptors (Lipinski definition) is 13. The molecule has 11 atom stereocenters. The van der Waals surface area contributed by atoms with E-state index in [1.807, 2.05) is 36.4 Å². The Bertz CT molecular complexity index is 3280. The second-order valence-electron chi connectivity index (χ2n) is 26.5. The van der Waals surface area contributed by atoms with Gasteiger partial charge in [0.1, 0.15) is 36.2 Å². The van der Waals surface area contributed by atoms with E-state index in [1.165, 1.54) is 40.8 Å². The van der Waals surface area contributed by atoms with E-state index in [1.54, 1.807) is 13.8 Å². The fourth-order valence-electron chi connectivity index (χ4n) is 14.3. The third-order valence-electron chi connectivity index (χ3n) is 18.7. The van der Waals surface area contributed by atoms with Crippen LogP contribution in [0.3, 0.4) is 0 Å². The van der Waals surface area contributed by atoms with E-state index in [0.29, 0.717) is 82.3 Å². The predicted octanol–water partition coefficient (Wildman–Crippen LogP) is 15.4. The highest BCUT2D eigenvalue weighted by molar-refractivity contribution is 6.03. The number of carbonyl (C=O) groups is 2. The van der Waals surface area contributed by atoms with E-state index in [4.69, 9.17) is 42.6 Å². The smallest absolute Gasteiger partial charge is 0.302 e. The van der Waals surface area contributed by atoms with Crippen molar-refractivity contribution < 1.29 is 61.9 Å². The number of carbonyl (C=O) groups excluding carboxylic acids is 2. The summed E-state index contributed by atoms with van der Waals surface area (Å²) in [5.41, 5.74) is 11.1. The van der Waals surface area contributed by atoms with Gasteiger partial charge in [-0.3, -0.25) is 4.79 Å². The number of likely N-dealkylation sites (N-methyl/N-ethyl adjacent to an activating group) is 1. The second-order valence-corrected chi connectivity index (χ2v) is 26.5. The molecule has 4 aromatic rings. The van der Waals surface area contributed by atoms with Gasteiger partial charge in [0.15, 0.2) is 24.6 Å². The highest BCUT2D eigenvalue weighted by atomic mass is 16.7. The van der Waals surface area contributed by atoms with Crippen LogP contribution in [0, 0.1) is 0 Å². The van der Waals surface area contributed by atoms with Gasteiger partial charge >= 0.3 is 5.97 Å². The number of aliphatic hydroxyl groups excluding tert-OH is 1. The van der Waals surface area contributed by atoms with E-state index in [-0.39, 0.29) is 59.2 Å². The van der Waals surface area contributed by atoms with Crippen LogP contribution in [0.4, 0.5) is 11.4 Å². The van der Waals surface area contributed by atoms with E-state index in [9.17, 15) is 14.7 Å². The van der Waals surface area contributed by atoms with E-state index >= 15 is 0 Å². The van der Waals surface area contributed by atoms with Gasteiger partial charge < -0.3 is 57.4 Å². The highest BCUT2D eigenvalue weighted by Crippen LogP contribution is 2.48. The molecule has 0 amide bonds. The average molecular weight is 1220 g/mol. The van der Waals surface area contributed by atoms with Crippen molar-refractivity contribution in [2.24, 2.45) is 0 Å². The molecular weight excluding hydrogens is 1120 g/mol. The molecule has 0 bridgehead atoms. The molecule has 14 nitrogen and oxygen atoms in total. The number of ether oxygens (including phenoxy) is 9. The largest absolute Gasteiger partial charge is 0.494 e. The molecule has 6 aliphatic rings. The molecule has 11 unspecified atom stereocenters. The number of fused-ring (bicyclic) bond motifs is 2. The normalized spacial score (nSPS) is 27.4. The van der Waals surface area contributed by atoms with E-state index in [2.05, 4.69) is 150 Å². The highest BCUT2D eigenvalue weighted by Gasteiger charge is 2.44. The molecule has 0 radical (unpaired) electrons. The maximum atomic E-state index is 11.7. The van der Waals surface area contributed by atoms with Gasteiger partial charge in [0.05, 0.1) is 54.7 Å². The molecule has 1 N–H and O–H groups in total. The van der Waals surface area contributed by atoms with Crippen molar-refractivity contribution in [1.82, 2.24) is 0 Å². The quantitative estimate of drug-likeness (QED) is 0.0404. The summed E-state index contributed by atoms with van der Waals surface area (Å²) in [5.74, 6) is 2.03. The van der Waals surface area contributed by atoms with Gasteiger partial charge in [0, 0.05) is 105 Å². The van der Waals surface area contributed by atoms with Gasteiger partial charge in [0.2, 0.25) is 5.69 Å². The molecule has 1 aliphatic carbocycles. The first kappa shape index (κ1) is 65.7. The van der Waals surface area contributed by atoms with Crippen molar-refractivity contribution in [1.29, 1.82) is 0 Å². The molecule has 14 heteroatoms. The first-order chi connectivity index (χ1) is 42.7. The summed E-state index contributed by atoms with van der Waals surface area (Å²) in [6.45, 7) is 18.7. The third kappa shape index (κ3) is 16.1. The molecule has 10 rings (SSSR count). The minimum Gasteiger partial charge on any atom is -0.494 e. The Morgan fingerprint density at radius 1 is 0.730 bits per heavy atom. The van der Waals surface area contributed by atoms with Crippen molar-refractivity contribution in [2.45, 2.75) is 237 Å². The Morgan fingerprint density at radius 2 is 1.35 bits per heavy atom. The summed E-state index contributed by atoms with van der Waals surface area (Å²) in [5, 5.41) is 11.3. The van der Waals surface area contributed by atoms with E-state index in [0.717, 1.165) is 60.1 Å². The Morgan fingerprint density at radius 3 is 2.01 bits per heavy atom. The van der Waals surface area contributed by atoms with Crippen LogP contribution in [0.25, 0.3) is 0 Å². The van der Waals surface area contributed by atoms with Gasteiger partial charge in [-0.05, 0) is 132 Å². The second kappa shape index (κ2) is 29.4. The Hall–Kier alpha value is -6.23. The van der Waals surface area contributed by atoms with Crippen LogP contribution in [-0.2, 0) is 53.6 Å². The number of nitrogens with zero attached hydrogens (tertiary/aromatic N) is 2. The molecule has 4 aromatic carbocycles. The fraction of sp³-hybridized carbons (Fsp3) is 0.533. The van der Waals surface area contributed by atoms with Crippen LogP contribution < -0.4 is 14.4 Å².